The van der Waals surface area contributed by atoms with Crippen molar-refractivity contribution >= 4 is 17.3 Å². The largest absolute Gasteiger partial charge is 0.481 e. The van der Waals surface area contributed by atoms with Crippen LogP contribution in [0.25, 0.3) is 11.4 Å². The number of H-pyrrole nitrogens is 1. The number of ether oxygens (including phenoxy) is 1. The Morgan fingerprint density at radius 2 is 1.85 bits per heavy atom. The van der Waals surface area contributed by atoms with E-state index < -0.39 is 35.2 Å². The van der Waals surface area contributed by atoms with E-state index in [1.807, 2.05) is 0 Å². The number of aliphatic imine (C=N–C) groups is 1. The molecule has 0 saturated carbocycles. The van der Waals surface area contributed by atoms with Crippen molar-refractivity contribution in [3.63, 3.8) is 0 Å². The van der Waals surface area contributed by atoms with Crippen LogP contribution >= 0.6 is 11.6 Å². The van der Waals surface area contributed by atoms with Crippen LogP contribution in [0, 0.1) is 6.92 Å². The lowest BCUT2D eigenvalue weighted by atomic mass is 10.1. The molecule has 1 aromatic carbocycles. The Morgan fingerprint density at radius 3 is 2.37 bits per heavy atom. The summed E-state index contributed by atoms with van der Waals surface area (Å²) in [4.78, 5) is 9.54. The van der Waals surface area contributed by atoms with Crippen LogP contribution in [0.2, 0.25) is 5.02 Å². The zero-order valence-electron chi connectivity index (χ0n) is 13.9. The zero-order chi connectivity index (χ0) is 20.6. The van der Waals surface area contributed by atoms with Crippen molar-refractivity contribution in [1.29, 1.82) is 0 Å². The summed E-state index contributed by atoms with van der Waals surface area (Å²) in [6.07, 6.45) is -9.56. The highest BCUT2D eigenvalue weighted by atomic mass is 35.5. The van der Waals surface area contributed by atoms with E-state index in [4.69, 9.17) is 11.6 Å². The number of aryl methyl sites for hydroxylation is 1. The van der Waals surface area contributed by atoms with Crippen LogP contribution in [-0.4, -0.2) is 29.0 Å². The average molecular weight is 412 g/mol. The number of nitrogens with one attached hydrogen (secondary N) is 1. The molecule has 1 N–H and O–H groups in total. The van der Waals surface area contributed by atoms with Crippen LogP contribution in [0.5, 0.6) is 0 Å². The topological polar surface area (TPSA) is 50.3 Å². The summed E-state index contributed by atoms with van der Waals surface area (Å²) in [5, 5.41) is -0.116. The number of rotatable bonds is 4. The number of benzene rings is 1. The van der Waals surface area contributed by atoms with Gasteiger partial charge in [0.2, 0.25) is 5.88 Å². The molecule has 2 aromatic rings. The van der Waals surface area contributed by atoms with Gasteiger partial charge in [0.1, 0.15) is 11.5 Å². The highest BCUT2D eigenvalue weighted by molar-refractivity contribution is 6.33. The van der Waals surface area contributed by atoms with Gasteiger partial charge in [0.15, 0.2) is 5.71 Å². The highest BCUT2D eigenvalue weighted by Gasteiger charge is 2.40. The van der Waals surface area contributed by atoms with Crippen molar-refractivity contribution in [3.05, 3.63) is 52.6 Å². The minimum atomic E-state index is -4.91. The van der Waals surface area contributed by atoms with Gasteiger partial charge in [0, 0.05) is 11.3 Å². The van der Waals surface area contributed by atoms with Crippen molar-refractivity contribution in [2.24, 2.45) is 4.99 Å². The molecule has 0 amide bonds. The molecule has 0 aliphatic carbocycles. The first-order valence-electron chi connectivity index (χ1n) is 7.17. The van der Waals surface area contributed by atoms with E-state index >= 15 is 0 Å². The predicted molar refractivity (Wildman–Crippen MR) is 87.5 cm³/mol. The fourth-order valence-electron chi connectivity index (χ4n) is 2.12. The van der Waals surface area contributed by atoms with Gasteiger partial charge in [-0.2, -0.15) is 26.3 Å². The van der Waals surface area contributed by atoms with Crippen LogP contribution in [0.1, 0.15) is 17.0 Å². The van der Waals surface area contributed by atoms with Crippen LogP contribution in [0.3, 0.4) is 0 Å². The maximum absolute atomic E-state index is 13.3. The third-order valence-electron chi connectivity index (χ3n) is 3.40. The van der Waals surface area contributed by atoms with Crippen LogP contribution in [0.15, 0.2) is 35.7 Å². The SMILES string of the molecule is C=C(N=C(c1nc(-c2cc(C(F)(F)F)ccc2Cl)[nH]c1C)C(F)(F)F)OC. The first-order chi connectivity index (χ1) is 12.3. The summed E-state index contributed by atoms with van der Waals surface area (Å²) in [6, 6.07) is 2.44. The number of imidazole rings is 1. The molecule has 0 spiro atoms. The number of aromatic nitrogens is 2. The summed E-state index contributed by atoms with van der Waals surface area (Å²) in [7, 11) is 1.09. The number of aromatic amines is 1. The van der Waals surface area contributed by atoms with Crippen molar-refractivity contribution in [1.82, 2.24) is 9.97 Å². The molecule has 0 aliphatic heterocycles. The maximum atomic E-state index is 13.3. The monoisotopic (exact) mass is 411 g/mol. The second-order valence-electron chi connectivity index (χ2n) is 5.31. The Labute approximate surface area is 154 Å². The molecule has 0 atom stereocenters. The van der Waals surface area contributed by atoms with Crippen LogP contribution < -0.4 is 0 Å². The molecule has 146 valence electrons. The lowest BCUT2D eigenvalue weighted by Gasteiger charge is -2.10. The van der Waals surface area contributed by atoms with Gasteiger partial charge in [-0.3, -0.25) is 0 Å². The van der Waals surface area contributed by atoms with E-state index in [9.17, 15) is 26.3 Å². The lowest BCUT2D eigenvalue weighted by Crippen LogP contribution is -2.25. The fourth-order valence-corrected chi connectivity index (χ4v) is 2.33. The minimum absolute atomic E-state index is 0.0709. The standard InChI is InChI=1S/C16H12ClF6N3O/c1-7-12(13(16(21,22)23)25-8(2)27-3)26-14(24-7)10-6-9(15(18,19)20)4-5-11(10)17/h4-6H,2H2,1,3H3,(H,24,26). The number of halogens is 7. The van der Waals surface area contributed by atoms with Crippen molar-refractivity contribution < 1.29 is 31.1 Å². The number of alkyl halides is 6. The highest BCUT2D eigenvalue weighted by Crippen LogP contribution is 2.36. The molecule has 0 fully saturated rings. The lowest BCUT2D eigenvalue weighted by molar-refractivity contribution is -0.137. The Bertz CT molecular complexity index is 899. The molecule has 0 saturated heterocycles. The van der Waals surface area contributed by atoms with E-state index in [0.29, 0.717) is 6.07 Å². The maximum Gasteiger partial charge on any atom is 0.435 e. The fraction of sp³-hybridized carbons (Fsp3) is 0.250. The summed E-state index contributed by atoms with van der Waals surface area (Å²) >= 11 is 5.90. The van der Waals surface area contributed by atoms with E-state index in [0.717, 1.165) is 19.2 Å². The Hall–Kier alpha value is -2.49. The van der Waals surface area contributed by atoms with Crippen LogP contribution in [0.4, 0.5) is 26.3 Å². The molecule has 2 rings (SSSR count). The molecule has 1 heterocycles. The summed E-state index contributed by atoms with van der Waals surface area (Å²) in [5.41, 5.74) is -3.30. The van der Waals surface area contributed by atoms with Gasteiger partial charge >= 0.3 is 12.4 Å². The van der Waals surface area contributed by atoms with Crippen molar-refractivity contribution in [2.75, 3.05) is 7.11 Å². The van der Waals surface area contributed by atoms with Crippen LogP contribution in [-0.2, 0) is 10.9 Å². The van der Waals surface area contributed by atoms with Gasteiger partial charge in [-0.05, 0) is 31.7 Å². The number of hydrogen-bond donors (Lipinski definition) is 1. The molecular weight excluding hydrogens is 400 g/mol. The Morgan fingerprint density at radius 1 is 1.22 bits per heavy atom. The molecule has 0 aliphatic rings. The molecule has 0 bridgehead atoms. The van der Waals surface area contributed by atoms with Gasteiger partial charge in [-0.25, -0.2) is 9.98 Å². The van der Waals surface area contributed by atoms with Gasteiger partial charge in [0.25, 0.3) is 0 Å². The molecule has 11 heteroatoms. The molecule has 1 aromatic heterocycles. The number of nitrogens with zero attached hydrogens (tertiary/aromatic N) is 2. The second-order valence-corrected chi connectivity index (χ2v) is 5.71. The second kappa shape index (κ2) is 7.26. The van der Waals surface area contributed by atoms with Crippen molar-refractivity contribution in [2.45, 2.75) is 19.3 Å². The molecular formula is C16H12ClF6N3O. The minimum Gasteiger partial charge on any atom is -0.481 e. The Kier molecular flexibility index (Phi) is 5.60. The van der Waals surface area contributed by atoms with Gasteiger partial charge < -0.3 is 9.72 Å². The summed E-state index contributed by atoms with van der Waals surface area (Å²) < 4.78 is 83.3. The zero-order valence-corrected chi connectivity index (χ0v) is 14.6. The quantitative estimate of drug-likeness (QED) is 0.409. The average Bonchev–Trinajstić information content (AvgIpc) is 2.91. The third-order valence-corrected chi connectivity index (χ3v) is 3.73. The summed E-state index contributed by atoms with van der Waals surface area (Å²) in [6.45, 7) is 4.47. The Balaban J connectivity index is 2.62. The number of hydrogen-bond acceptors (Lipinski definition) is 3. The molecule has 27 heavy (non-hydrogen) atoms. The van der Waals surface area contributed by atoms with E-state index in [-0.39, 0.29) is 22.1 Å². The first kappa shape index (κ1) is 20.8. The van der Waals surface area contributed by atoms with Gasteiger partial charge in [-0.15, -0.1) is 0 Å². The van der Waals surface area contributed by atoms with Crippen molar-refractivity contribution in [3.8, 4) is 11.4 Å². The third kappa shape index (κ3) is 4.62. The first-order valence-corrected chi connectivity index (χ1v) is 7.55. The van der Waals surface area contributed by atoms with E-state index in [1.165, 1.54) is 6.92 Å². The van der Waals surface area contributed by atoms with Gasteiger partial charge in [0.05, 0.1) is 17.7 Å². The summed E-state index contributed by atoms with van der Waals surface area (Å²) in [5.74, 6) is -0.776. The molecule has 4 nitrogen and oxygen atoms in total. The smallest absolute Gasteiger partial charge is 0.435 e. The molecule has 0 unspecified atom stereocenters. The normalized spacial score (nSPS) is 13.0. The number of methoxy groups -OCH3 is 1. The van der Waals surface area contributed by atoms with Gasteiger partial charge in [-0.1, -0.05) is 11.6 Å². The van der Waals surface area contributed by atoms with E-state index in [2.05, 4.69) is 26.3 Å². The predicted octanol–water partition coefficient (Wildman–Crippen LogP) is 5.53. The van der Waals surface area contributed by atoms with E-state index in [1.54, 1.807) is 0 Å². The molecule has 0 radical (unpaired) electrons.